The molecule has 0 saturated heterocycles. The van der Waals surface area contributed by atoms with Gasteiger partial charge in [0.25, 0.3) is 0 Å². The molecule has 0 aliphatic rings. The maximum Gasteiger partial charge on any atom is 0.338 e. The van der Waals surface area contributed by atoms with E-state index in [1.165, 1.54) is 0 Å². The second-order valence-corrected chi connectivity index (χ2v) is 6.13. The second-order valence-electron chi connectivity index (χ2n) is 5.18. The molecule has 0 saturated carbocycles. The maximum atomic E-state index is 12.1. The standard InChI is InChI=1S/C17H16N2O3S/c1-19(2)14-6-3-5-12(9-14)17(20)21-11-13-10-15(22-18-13)16-7-4-8-23-16/h3-10H,11H2,1-2H3. The van der Waals surface area contributed by atoms with Gasteiger partial charge < -0.3 is 14.2 Å². The molecule has 0 unspecified atom stereocenters. The number of ether oxygens (including phenoxy) is 1. The van der Waals surface area contributed by atoms with Crippen LogP contribution in [0.15, 0.2) is 52.4 Å². The van der Waals surface area contributed by atoms with Crippen LogP contribution >= 0.6 is 11.3 Å². The summed E-state index contributed by atoms with van der Waals surface area (Å²) in [5, 5.41) is 5.90. The van der Waals surface area contributed by atoms with E-state index in [1.54, 1.807) is 29.5 Å². The molecule has 2 heterocycles. The highest BCUT2D eigenvalue weighted by atomic mass is 32.1. The SMILES string of the molecule is CN(C)c1cccc(C(=O)OCc2cc(-c3cccs3)on2)c1. The van der Waals surface area contributed by atoms with E-state index in [0.29, 0.717) is 17.0 Å². The van der Waals surface area contributed by atoms with Gasteiger partial charge in [-0.3, -0.25) is 0 Å². The molecule has 0 N–H and O–H groups in total. The van der Waals surface area contributed by atoms with Gasteiger partial charge in [-0.25, -0.2) is 4.79 Å². The van der Waals surface area contributed by atoms with E-state index >= 15 is 0 Å². The lowest BCUT2D eigenvalue weighted by molar-refractivity contribution is 0.0464. The molecule has 6 heteroatoms. The Balaban J connectivity index is 1.64. The zero-order valence-electron chi connectivity index (χ0n) is 12.9. The van der Waals surface area contributed by atoms with Crippen LogP contribution in [0.2, 0.25) is 0 Å². The van der Waals surface area contributed by atoms with E-state index in [4.69, 9.17) is 9.26 Å². The van der Waals surface area contributed by atoms with E-state index in [1.807, 2.05) is 48.6 Å². The molecule has 0 radical (unpaired) electrons. The first kappa shape index (κ1) is 15.3. The summed E-state index contributed by atoms with van der Waals surface area (Å²) in [6.45, 7) is 0.0832. The number of carbonyl (C=O) groups excluding carboxylic acids is 1. The van der Waals surface area contributed by atoms with Crippen molar-refractivity contribution in [2.75, 3.05) is 19.0 Å². The molecule has 0 atom stereocenters. The number of hydrogen-bond donors (Lipinski definition) is 0. The van der Waals surface area contributed by atoms with Crippen LogP contribution < -0.4 is 4.90 Å². The molecule has 0 amide bonds. The minimum absolute atomic E-state index is 0.0832. The predicted octanol–water partition coefficient (Wildman–Crippen LogP) is 3.83. The van der Waals surface area contributed by atoms with Gasteiger partial charge in [0, 0.05) is 25.8 Å². The molecule has 3 rings (SSSR count). The lowest BCUT2D eigenvalue weighted by atomic mass is 10.2. The van der Waals surface area contributed by atoms with Gasteiger partial charge in [-0.15, -0.1) is 11.3 Å². The minimum atomic E-state index is -0.380. The first-order chi connectivity index (χ1) is 11.1. The van der Waals surface area contributed by atoms with Gasteiger partial charge in [-0.05, 0) is 29.6 Å². The number of thiophene rings is 1. The smallest absolute Gasteiger partial charge is 0.338 e. The molecule has 3 aromatic rings. The van der Waals surface area contributed by atoms with Crippen LogP contribution in [-0.2, 0) is 11.3 Å². The Morgan fingerprint density at radius 1 is 1.26 bits per heavy atom. The van der Waals surface area contributed by atoms with E-state index < -0.39 is 0 Å². The summed E-state index contributed by atoms with van der Waals surface area (Å²) in [5.41, 5.74) is 2.05. The molecule has 0 spiro atoms. The van der Waals surface area contributed by atoms with Crippen molar-refractivity contribution >= 4 is 23.0 Å². The van der Waals surface area contributed by atoms with Gasteiger partial charge in [0.2, 0.25) is 0 Å². The van der Waals surface area contributed by atoms with Gasteiger partial charge in [0.1, 0.15) is 12.3 Å². The number of esters is 1. The van der Waals surface area contributed by atoms with Crippen LogP contribution in [0.25, 0.3) is 10.6 Å². The number of aromatic nitrogens is 1. The molecular formula is C17H16N2O3S. The van der Waals surface area contributed by atoms with E-state index in [2.05, 4.69) is 5.16 Å². The van der Waals surface area contributed by atoms with E-state index in [-0.39, 0.29) is 12.6 Å². The van der Waals surface area contributed by atoms with Crippen LogP contribution in [0.3, 0.4) is 0 Å². The topological polar surface area (TPSA) is 55.6 Å². The quantitative estimate of drug-likeness (QED) is 0.666. The normalized spacial score (nSPS) is 10.5. The Hall–Kier alpha value is -2.60. The van der Waals surface area contributed by atoms with Crippen molar-refractivity contribution in [2.45, 2.75) is 6.61 Å². The molecule has 5 nitrogen and oxygen atoms in total. The maximum absolute atomic E-state index is 12.1. The molecule has 2 aromatic heterocycles. The lowest BCUT2D eigenvalue weighted by Crippen LogP contribution is -2.11. The van der Waals surface area contributed by atoms with Crippen molar-refractivity contribution in [3.05, 3.63) is 59.1 Å². The average molecular weight is 328 g/mol. The fourth-order valence-electron chi connectivity index (χ4n) is 2.05. The Morgan fingerprint density at radius 3 is 2.87 bits per heavy atom. The summed E-state index contributed by atoms with van der Waals surface area (Å²) in [7, 11) is 3.85. The van der Waals surface area contributed by atoms with Crippen molar-refractivity contribution in [3.8, 4) is 10.6 Å². The molecule has 0 aliphatic carbocycles. The van der Waals surface area contributed by atoms with Crippen molar-refractivity contribution in [2.24, 2.45) is 0 Å². The van der Waals surface area contributed by atoms with Crippen LogP contribution in [-0.4, -0.2) is 25.2 Å². The zero-order valence-corrected chi connectivity index (χ0v) is 13.7. The fraction of sp³-hybridized carbons (Fsp3) is 0.176. The largest absolute Gasteiger partial charge is 0.455 e. The van der Waals surface area contributed by atoms with Gasteiger partial charge in [0.15, 0.2) is 5.76 Å². The average Bonchev–Trinajstić information content (AvgIpc) is 3.23. The monoisotopic (exact) mass is 328 g/mol. The Labute approximate surface area is 138 Å². The summed E-state index contributed by atoms with van der Waals surface area (Å²) in [4.78, 5) is 15.1. The third-order valence-corrected chi connectivity index (χ3v) is 4.16. The first-order valence-corrected chi connectivity index (χ1v) is 7.95. The van der Waals surface area contributed by atoms with Crippen molar-refractivity contribution < 1.29 is 14.1 Å². The van der Waals surface area contributed by atoms with Gasteiger partial charge in [-0.1, -0.05) is 17.3 Å². The number of benzene rings is 1. The highest BCUT2D eigenvalue weighted by molar-refractivity contribution is 7.13. The Bertz CT molecular complexity index is 794. The van der Waals surface area contributed by atoms with Gasteiger partial charge in [-0.2, -0.15) is 0 Å². The molecule has 118 valence electrons. The molecule has 23 heavy (non-hydrogen) atoms. The summed E-state index contributed by atoms with van der Waals surface area (Å²) in [6, 6.07) is 13.0. The van der Waals surface area contributed by atoms with E-state index in [0.717, 1.165) is 10.6 Å². The molecule has 0 bridgehead atoms. The van der Waals surface area contributed by atoms with Crippen molar-refractivity contribution in [1.82, 2.24) is 5.16 Å². The van der Waals surface area contributed by atoms with Gasteiger partial charge >= 0.3 is 5.97 Å². The van der Waals surface area contributed by atoms with Crippen LogP contribution in [0, 0.1) is 0 Å². The summed E-state index contributed by atoms with van der Waals surface area (Å²) >= 11 is 1.57. The van der Waals surface area contributed by atoms with Crippen LogP contribution in [0.4, 0.5) is 5.69 Å². The summed E-state index contributed by atoms with van der Waals surface area (Å²) < 4.78 is 10.6. The Morgan fingerprint density at radius 2 is 2.13 bits per heavy atom. The second kappa shape index (κ2) is 6.66. The number of carbonyl (C=O) groups is 1. The number of rotatable bonds is 5. The summed E-state index contributed by atoms with van der Waals surface area (Å²) in [6.07, 6.45) is 0. The fourth-order valence-corrected chi connectivity index (χ4v) is 2.72. The van der Waals surface area contributed by atoms with E-state index in [9.17, 15) is 4.79 Å². The van der Waals surface area contributed by atoms with Crippen molar-refractivity contribution in [1.29, 1.82) is 0 Å². The minimum Gasteiger partial charge on any atom is -0.455 e. The van der Waals surface area contributed by atoms with Crippen molar-refractivity contribution in [3.63, 3.8) is 0 Å². The number of anilines is 1. The third kappa shape index (κ3) is 3.60. The predicted molar refractivity (Wildman–Crippen MR) is 89.7 cm³/mol. The lowest BCUT2D eigenvalue weighted by Gasteiger charge is -2.13. The zero-order chi connectivity index (χ0) is 16.2. The first-order valence-electron chi connectivity index (χ1n) is 7.07. The molecule has 0 fully saturated rings. The number of nitrogens with zero attached hydrogens (tertiary/aromatic N) is 2. The molecular weight excluding hydrogens is 312 g/mol. The highest BCUT2D eigenvalue weighted by Crippen LogP contribution is 2.25. The Kier molecular flexibility index (Phi) is 4.43. The summed E-state index contributed by atoms with van der Waals surface area (Å²) in [5.74, 6) is 0.301. The molecule has 0 aliphatic heterocycles. The van der Waals surface area contributed by atoms with Crippen LogP contribution in [0.5, 0.6) is 0 Å². The molecule has 1 aromatic carbocycles. The van der Waals surface area contributed by atoms with Gasteiger partial charge in [0.05, 0.1) is 10.4 Å². The number of hydrogen-bond acceptors (Lipinski definition) is 6. The third-order valence-electron chi connectivity index (χ3n) is 3.27. The van der Waals surface area contributed by atoms with Crippen LogP contribution in [0.1, 0.15) is 16.1 Å². The highest BCUT2D eigenvalue weighted by Gasteiger charge is 2.12.